The van der Waals surface area contributed by atoms with Crippen LogP contribution >= 0.6 is 11.6 Å². The third kappa shape index (κ3) is 2.45. The van der Waals surface area contributed by atoms with Crippen LogP contribution in [0, 0.1) is 6.92 Å². The van der Waals surface area contributed by atoms with Crippen molar-refractivity contribution in [3.05, 3.63) is 52.8 Å². The van der Waals surface area contributed by atoms with Gasteiger partial charge in [-0.1, -0.05) is 17.7 Å². The highest BCUT2D eigenvalue weighted by atomic mass is 35.5. The molecule has 0 aliphatic heterocycles. The van der Waals surface area contributed by atoms with Gasteiger partial charge in [0, 0.05) is 28.0 Å². The number of rotatable bonds is 2. The van der Waals surface area contributed by atoms with Gasteiger partial charge in [-0.05, 0) is 31.2 Å². The molecule has 0 aliphatic carbocycles. The molecule has 0 saturated heterocycles. The maximum atomic E-state index is 10.9. The Morgan fingerprint density at radius 3 is 2.65 bits per heavy atom. The molecular weight excluding hydrogens is 238 g/mol. The summed E-state index contributed by atoms with van der Waals surface area (Å²) in [7, 11) is 0. The third-order valence-corrected chi connectivity index (χ3v) is 2.77. The summed E-state index contributed by atoms with van der Waals surface area (Å²) < 4.78 is 0. The molecule has 0 spiro atoms. The van der Waals surface area contributed by atoms with Crippen LogP contribution in [0.2, 0.25) is 5.02 Å². The minimum Gasteiger partial charge on any atom is -0.478 e. The van der Waals surface area contributed by atoms with Crippen molar-refractivity contribution >= 4 is 17.6 Å². The molecule has 2 rings (SSSR count). The van der Waals surface area contributed by atoms with Crippen molar-refractivity contribution in [2.75, 3.05) is 0 Å². The fraction of sp³-hybridized carbons (Fsp3) is 0.0769. The molecule has 2 aromatic rings. The lowest BCUT2D eigenvalue weighted by atomic mass is 10.0. The van der Waals surface area contributed by atoms with E-state index in [-0.39, 0.29) is 5.56 Å². The molecule has 1 aromatic heterocycles. The summed E-state index contributed by atoms with van der Waals surface area (Å²) in [6, 6.07) is 8.35. The summed E-state index contributed by atoms with van der Waals surface area (Å²) >= 11 is 6.05. The molecule has 3 nitrogen and oxygen atoms in total. The van der Waals surface area contributed by atoms with E-state index in [1.807, 2.05) is 19.1 Å². The Morgan fingerprint density at radius 1 is 1.29 bits per heavy atom. The van der Waals surface area contributed by atoms with Gasteiger partial charge in [0.1, 0.15) is 0 Å². The highest BCUT2D eigenvalue weighted by Gasteiger charge is 2.09. The molecule has 1 heterocycles. The van der Waals surface area contributed by atoms with E-state index in [2.05, 4.69) is 4.98 Å². The molecule has 1 aromatic carbocycles. The molecule has 0 radical (unpaired) electrons. The van der Waals surface area contributed by atoms with E-state index in [1.165, 1.54) is 6.07 Å². The summed E-state index contributed by atoms with van der Waals surface area (Å²) in [5, 5.41) is 9.45. The number of aromatic nitrogens is 1. The Balaban J connectivity index is 2.54. The molecule has 0 unspecified atom stereocenters. The molecule has 0 bridgehead atoms. The first-order chi connectivity index (χ1) is 8.08. The highest BCUT2D eigenvalue weighted by molar-refractivity contribution is 6.33. The van der Waals surface area contributed by atoms with Crippen molar-refractivity contribution in [2.45, 2.75) is 6.92 Å². The van der Waals surface area contributed by atoms with E-state index in [4.69, 9.17) is 16.7 Å². The smallest absolute Gasteiger partial charge is 0.335 e. The number of hydrogen-bond acceptors (Lipinski definition) is 2. The van der Waals surface area contributed by atoms with Crippen LogP contribution in [0.3, 0.4) is 0 Å². The Morgan fingerprint density at radius 2 is 2.06 bits per heavy atom. The van der Waals surface area contributed by atoms with E-state index < -0.39 is 5.97 Å². The average molecular weight is 248 g/mol. The number of carboxylic acids is 1. The molecule has 17 heavy (non-hydrogen) atoms. The third-order valence-electron chi connectivity index (χ3n) is 2.44. The van der Waals surface area contributed by atoms with Gasteiger partial charge >= 0.3 is 5.97 Å². The maximum Gasteiger partial charge on any atom is 0.335 e. The quantitative estimate of drug-likeness (QED) is 0.885. The molecule has 0 atom stereocenters. The minimum atomic E-state index is -0.969. The molecular formula is C13H10ClNO2. The molecule has 4 heteroatoms. The second-order valence-electron chi connectivity index (χ2n) is 3.69. The van der Waals surface area contributed by atoms with E-state index in [0.29, 0.717) is 10.6 Å². The lowest BCUT2D eigenvalue weighted by Crippen LogP contribution is -1.96. The van der Waals surface area contributed by atoms with Crippen molar-refractivity contribution in [1.29, 1.82) is 0 Å². The number of nitrogens with zero attached hydrogens (tertiary/aromatic N) is 1. The van der Waals surface area contributed by atoms with Gasteiger partial charge in [0.05, 0.1) is 5.56 Å². The Hall–Kier alpha value is -1.87. The molecule has 1 N–H and O–H groups in total. The fourth-order valence-corrected chi connectivity index (χ4v) is 1.73. The van der Waals surface area contributed by atoms with Gasteiger partial charge in [0.2, 0.25) is 0 Å². The standard InChI is InChI=1S/C13H10ClNO2/c1-8-2-3-10(7-15-8)11-6-9(13(16)17)4-5-12(11)14/h2-7H,1H3,(H,16,17). The van der Waals surface area contributed by atoms with E-state index in [1.54, 1.807) is 18.3 Å². The predicted molar refractivity (Wildman–Crippen MR) is 66.4 cm³/mol. The van der Waals surface area contributed by atoms with Gasteiger partial charge in [-0.15, -0.1) is 0 Å². The van der Waals surface area contributed by atoms with Gasteiger partial charge in [-0.25, -0.2) is 4.79 Å². The van der Waals surface area contributed by atoms with Crippen LogP contribution < -0.4 is 0 Å². The van der Waals surface area contributed by atoms with Crippen molar-refractivity contribution in [3.8, 4) is 11.1 Å². The van der Waals surface area contributed by atoms with Crippen LogP contribution in [0.25, 0.3) is 11.1 Å². The first kappa shape index (κ1) is 11.6. The predicted octanol–water partition coefficient (Wildman–Crippen LogP) is 3.41. The number of pyridine rings is 1. The zero-order chi connectivity index (χ0) is 12.4. The summed E-state index contributed by atoms with van der Waals surface area (Å²) in [5.41, 5.74) is 2.60. The van der Waals surface area contributed by atoms with Crippen molar-refractivity contribution in [1.82, 2.24) is 4.98 Å². The van der Waals surface area contributed by atoms with Crippen molar-refractivity contribution in [2.24, 2.45) is 0 Å². The average Bonchev–Trinajstić information content (AvgIpc) is 2.31. The SMILES string of the molecule is Cc1ccc(-c2cc(C(=O)O)ccc2Cl)cn1. The molecule has 0 aliphatic rings. The molecule has 0 fully saturated rings. The number of aromatic carboxylic acids is 1. The fourth-order valence-electron chi connectivity index (χ4n) is 1.51. The van der Waals surface area contributed by atoms with Gasteiger partial charge in [-0.3, -0.25) is 4.98 Å². The summed E-state index contributed by atoms with van der Waals surface area (Å²) in [6.45, 7) is 1.89. The minimum absolute atomic E-state index is 0.213. The van der Waals surface area contributed by atoms with Crippen LogP contribution in [0.5, 0.6) is 0 Å². The zero-order valence-electron chi connectivity index (χ0n) is 9.14. The van der Waals surface area contributed by atoms with Crippen molar-refractivity contribution in [3.63, 3.8) is 0 Å². The topological polar surface area (TPSA) is 50.2 Å². The summed E-state index contributed by atoms with van der Waals surface area (Å²) in [6.07, 6.45) is 1.68. The number of benzene rings is 1. The lowest BCUT2D eigenvalue weighted by molar-refractivity contribution is 0.0697. The van der Waals surface area contributed by atoms with Crippen LogP contribution in [-0.4, -0.2) is 16.1 Å². The monoisotopic (exact) mass is 247 g/mol. The van der Waals surface area contributed by atoms with Crippen LogP contribution in [0.15, 0.2) is 36.5 Å². The largest absolute Gasteiger partial charge is 0.478 e. The first-order valence-corrected chi connectivity index (χ1v) is 5.41. The van der Waals surface area contributed by atoms with E-state index in [0.717, 1.165) is 11.3 Å². The van der Waals surface area contributed by atoms with Crippen LogP contribution in [-0.2, 0) is 0 Å². The number of aryl methyl sites for hydroxylation is 1. The van der Waals surface area contributed by atoms with Gasteiger partial charge < -0.3 is 5.11 Å². The molecule has 86 valence electrons. The Kier molecular flexibility index (Phi) is 3.11. The summed E-state index contributed by atoms with van der Waals surface area (Å²) in [5.74, 6) is -0.969. The zero-order valence-corrected chi connectivity index (χ0v) is 9.90. The maximum absolute atomic E-state index is 10.9. The molecule has 0 amide bonds. The van der Waals surface area contributed by atoms with E-state index in [9.17, 15) is 4.79 Å². The highest BCUT2D eigenvalue weighted by Crippen LogP contribution is 2.28. The van der Waals surface area contributed by atoms with Crippen LogP contribution in [0.1, 0.15) is 16.1 Å². The number of halogens is 1. The normalized spacial score (nSPS) is 10.2. The second-order valence-corrected chi connectivity index (χ2v) is 4.10. The van der Waals surface area contributed by atoms with Crippen LogP contribution in [0.4, 0.5) is 0 Å². The lowest BCUT2D eigenvalue weighted by Gasteiger charge is -2.05. The second kappa shape index (κ2) is 4.55. The number of carbonyl (C=O) groups is 1. The Bertz CT molecular complexity index is 564. The molecule has 0 saturated carbocycles. The van der Waals surface area contributed by atoms with Crippen molar-refractivity contribution < 1.29 is 9.90 Å². The van der Waals surface area contributed by atoms with E-state index >= 15 is 0 Å². The van der Waals surface area contributed by atoms with Gasteiger partial charge in [0.25, 0.3) is 0 Å². The first-order valence-electron chi connectivity index (χ1n) is 5.04. The number of hydrogen-bond donors (Lipinski definition) is 1. The summed E-state index contributed by atoms with van der Waals surface area (Å²) in [4.78, 5) is 15.1. The number of carboxylic acid groups (broad SMARTS) is 1. The Labute approximate surface area is 104 Å². The van der Waals surface area contributed by atoms with Gasteiger partial charge in [0.15, 0.2) is 0 Å². The van der Waals surface area contributed by atoms with Gasteiger partial charge in [-0.2, -0.15) is 0 Å².